The highest BCUT2D eigenvalue weighted by molar-refractivity contribution is 7.76. The number of ether oxygens (including phenoxy) is 1. The van der Waals surface area contributed by atoms with Crippen LogP contribution >= 0.6 is 0 Å². The largest absolute Gasteiger partial charge is 0.427 e. The highest BCUT2D eigenvalue weighted by Crippen LogP contribution is 2.31. The Morgan fingerprint density at radius 3 is 0.831 bits per heavy atom. The van der Waals surface area contributed by atoms with E-state index in [4.69, 9.17) is 4.74 Å². The third kappa shape index (κ3) is 8.70. The van der Waals surface area contributed by atoms with E-state index < -0.39 is 144 Å². The molecule has 0 aromatic heterocycles. The zero-order chi connectivity index (χ0) is 48.7. The molecule has 0 N–H and O–H groups in total. The molecule has 6 aromatic rings. The van der Waals surface area contributed by atoms with E-state index in [1.54, 1.807) is 0 Å². The number of hydrogen-bond acceptors (Lipinski definition) is 2. The second-order valence-corrected chi connectivity index (χ2v) is 14.6. The lowest BCUT2D eigenvalue weighted by Crippen LogP contribution is -2.81. The SMILES string of the molecule is CC(=O)Oc1ccc(C[SH+]Cc2ccc(C)cc2)cc1.Fc1c(F)c(F)c([B-](c2c(F)c(F)c(F)c(F)c2F)(c2c(F)c(F)c(F)c(F)c2F)c2c(F)c(F)c(F)c(F)c2F)c(F)c1F. The van der Waals surface area contributed by atoms with Crippen molar-refractivity contribution in [3.8, 4) is 5.75 Å². The fraction of sp³-hybridized carbons (Fsp3) is 0.0976. The summed E-state index contributed by atoms with van der Waals surface area (Å²) in [6.45, 7) is 3.51. The maximum absolute atomic E-state index is 15.4. The zero-order valence-electron chi connectivity index (χ0n) is 31.9. The maximum atomic E-state index is 15.4. The van der Waals surface area contributed by atoms with Crippen LogP contribution in [0.15, 0.2) is 48.5 Å². The summed E-state index contributed by atoms with van der Waals surface area (Å²) in [6, 6.07) is 16.4. The molecule has 24 heteroatoms. The van der Waals surface area contributed by atoms with Gasteiger partial charge in [0.25, 0.3) is 0 Å². The van der Waals surface area contributed by atoms with Crippen molar-refractivity contribution in [1.82, 2.24) is 0 Å². The molecule has 0 aliphatic carbocycles. The van der Waals surface area contributed by atoms with Gasteiger partial charge in [-0.3, -0.25) is 4.79 Å². The molecule has 0 amide bonds. The first-order valence-electron chi connectivity index (χ1n) is 17.5. The molecule has 0 saturated heterocycles. The molecule has 0 aliphatic rings. The minimum Gasteiger partial charge on any atom is -0.427 e. The van der Waals surface area contributed by atoms with Crippen molar-refractivity contribution >= 4 is 45.7 Å². The Balaban J connectivity index is 0.000000330. The van der Waals surface area contributed by atoms with E-state index in [9.17, 15) is 57.5 Å². The van der Waals surface area contributed by atoms with E-state index in [2.05, 4.69) is 31.2 Å². The van der Waals surface area contributed by atoms with Crippen molar-refractivity contribution in [3.05, 3.63) is 182 Å². The van der Waals surface area contributed by atoms with Gasteiger partial charge in [0.2, 0.25) is 0 Å². The smallest absolute Gasteiger partial charge is 0.308 e. The summed E-state index contributed by atoms with van der Waals surface area (Å²) in [4.78, 5) is 10.8. The third-order valence-corrected chi connectivity index (χ3v) is 10.8. The number of thiol groups is 1. The van der Waals surface area contributed by atoms with Gasteiger partial charge in [-0.15, -0.1) is 21.9 Å². The summed E-state index contributed by atoms with van der Waals surface area (Å²) in [5.74, 6) is -69.0. The summed E-state index contributed by atoms with van der Waals surface area (Å²) in [7, 11) is 0. The summed E-state index contributed by atoms with van der Waals surface area (Å²) >= 11 is 1.37. The lowest BCUT2D eigenvalue weighted by Gasteiger charge is -2.44. The summed E-state index contributed by atoms with van der Waals surface area (Å²) in [5, 5.41) is 0. The van der Waals surface area contributed by atoms with Crippen LogP contribution in [0.5, 0.6) is 5.75 Å². The predicted octanol–water partition coefficient (Wildman–Crippen LogP) is 9.28. The lowest BCUT2D eigenvalue weighted by molar-refractivity contribution is -0.131. The molecule has 0 bridgehead atoms. The van der Waals surface area contributed by atoms with E-state index in [0.717, 1.165) is 11.5 Å². The van der Waals surface area contributed by atoms with E-state index in [-0.39, 0.29) is 5.97 Å². The van der Waals surface area contributed by atoms with Crippen molar-refractivity contribution in [1.29, 1.82) is 0 Å². The van der Waals surface area contributed by atoms with E-state index in [0.29, 0.717) is 5.75 Å². The molecule has 0 fully saturated rings. The first-order valence-corrected chi connectivity index (χ1v) is 18.8. The fourth-order valence-electron chi connectivity index (χ4n) is 6.71. The Hall–Kier alpha value is -6.20. The standard InChI is InChI=1S/C24BF20.C17H18O2S/c26-5-1(6(27)14(35)21(42)13(5)34)25(2-7(28)15(36)22(43)16(37)8(2)29,3-9(30)17(38)23(44)18(39)10(3)31)4-11(32)19(40)24(45)20(41)12(4)33;1-13-3-5-15(6-4-13)11-20-12-16-7-9-17(10-8-16)19-14(2)18/h;3-10H,11-12H2,1-2H3/q-1;/p+1. The minimum atomic E-state index is -7.22. The van der Waals surface area contributed by atoms with Gasteiger partial charge < -0.3 is 4.74 Å². The van der Waals surface area contributed by atoms with Gasteiger partial charge in [-0.2, -0.15) is 0 Å². The third-order valence-electron chi connectivity index (χ3n) is 9.60. The van der Waals surface area contributed by atoms with Crippen molar-refractivity contribution in [2.45, 2.75) is 25.4 Å². The average Bonchev–Trinajstić information content (AvgIpc) is 3.27. The highest BCUT2D eigenvalue weighted by Gasteiger charge is 2.52. The van der Waals surface area contributed by atoms with Gasteiger partial charge in [0.1, 0.15) is 69.9 Å². The molecule has 6 aromatic carbocycles. The zero-order valence-corrected chi connectivity index (χ0v) is 32.8. The van der Waals surface area contributed by atoms with Crippen LogP contribution in [0.25, 0.3) is 0 Å². The second kappa shape index (κ2) is 19.1. The van der Waals surface area contributed by atoms with Crippen molar-refractivity contribution in [2.24, 2.45) is 0 Å². The second-order valence-electron chi connectivity index (χ2n) is 13.6. The summed E-state index contributed by atoms with van der Waals surface area (Å²) in [5.41, 5.74) is -10.4. The molecule has 0 aliphatic heterocycles. The van der Waals surface area contributed by atoms with Gasteiger partial charge in [-0.1, -0.05) is 42.0 Å². The van der Waals surface area contributed by atoms with Crippen LogP contribution in [-0.2, 0) is 28.1 Å². The van der Waals surface area contributed by atoms with Gasteiger partial charge in [-0.25, -0.2) is 87.8 Å². The van der Waals surface area contributed by atoms with E-state index >= 15 is 35.1 Å². The molecule has 0 saturated carbocycles. The quantitative estimate of drug-likeness (QED) is 0.0211. The van der Waals surface area contributed by atoms with Crippen LogP contribution in [0.3, 0.4) is 0 Å². The Morgan fingerprint density at radius 2 is 0.600 bits per heavy atom. The Kier molecular flexibility index (Phi) is 14.6. The predicted molar refractivity (Wildman–Crippen MR) is 194 cm³/mol. The van der Waals surface area contributed by atoms with Crippen molar-refractivity contribution in [2.75, 3.05) is 0 Å². The molecule has 0 atom stereocenters. The number of aryl methyl sites for hydroxylation is 1. The highest BCUT2D eigenvalue weighted by atomic mass is 32.2. The van der Waals surface area contributed by atoms with E-state index in [1.807, 2.05) is 24.3 Å². The Bertz CT molecular complexity index is 2480. The number of carbonyl (C=O) groups is 1. The molecular formula is C41H19BF20O2S. The summed E-state index contributed by atoms with van der Waals surface area (Å²) in [6.07, 6.45) is -7.22. The number of halogens is 20. The minimum absolute atomic E-state index is 0.282. The van der Waals surface area contributed by atoms with Crippen LogP contribution in [0, 0.1) is 123 Å². The van der Waals surface area contributed by atoms with Crippen LogP contribution in [0.2, 0.25) is 0 Å². The maximum Gasteiger partial charge on any atom is 0.308 e. The normalized spacial score (nSPS) is 11.5. The Morgan fingerprint density at radius 1 is 0.385 bits per heavy atom. The van der Waals surface area contributed by atoms with Crippen LogP contribution in [0.4, 0.5) is 87.8 Å². The number of benzene rings is 6. The van der Waals surface area contributed by atoms with Gasteiger partial charge >= 0.3 is 5.97 Å². The topological polar surface area (TPSA) is 26.3 Å². The molecule has 0 radical (unpaired) electrons. The average molecular weight is 966 g/mol. The van der Waals surface area contributed by atoms with Crippen LogP contribution in [-0.4, -0.2) is 12.1 Å². The van der Waals surface area contributed by atoms with Crippen molar-refractivity contribution < 1.29 is 97.3 Å². The van der Waals surface area contributed by atoms with E-state index in [1.165, 1.54) is 35.4 Å². The first-order chi connectivity index (χ1) is 30.3. The summed E-state index contributed by atoms with van der Waals surface area (Å²) < 4.78 is 299. The fourth-order valence-corrected chi connectivity index (χ4v) is 7.76. The number of carbonyl (C=O) groups excluding carboxylic acids is 1. The number of esters is 1. The Labute approximate surface area is 355 Å². The van der Waals surface area contributed by atoms with Gasteiger partial charge in [0.05, 0.1) is 0 Å². The molecule has 6 rings (SSSR count). The lowest BCUT2D eigenvalue weighted by atomic mass is 9.12. The molecule has 2 nitrogen and oxygen atoms in total. The van der Waals surface area contributed by atoms with Gasteiger partial charge in [0.15, 0.2) is 69.8 Å². The monoisotopic (exact) mass is 966 g/mol. The molecule has 0 unspecified atom stereocenters. The van der Waals surface area contributed by atoms with Crippen LogP contribution in [0.1, 0.15) is 23.6 Å². The molecule has 0 heterocycles. The first kappa shape index (κ1) is 49.8. The van der Waals surface area contributed by atoms with Gasteiger partial charge in [-0.05, 0) is 30.8 Å². The molecule has 0 spiro atoms. The van der Waals surface area contributed by atoms with Gasteiger partial charge in [0, 0.05) is 18.1 Å². The van der Waals surface area contributed by atoms with Crippen LogP contribution < -0.4 is 26.6 Å². The molecule has 344 valence electrons. The number of hydrogen-bond donors (Lipinski definition) is 0. The van der Waals surface area contributed by atoms with Crippen molar-refractivity contribution in [3.63, 3.8) is 0 Å². The molecular weight excluding hydrogens is 947 g/mol. The molecule has 65 heavy (non-hydrogen) atoms. The number of rotatable bonds is 9.